The van der Waals surface area contributed by atoms with Gasteiger partial charge in [-0.25, -0.2) is 4.79 Å². The average Bonchev–Trinajstić information content (AvgIpc) is 3.19. The van der Waals surface area contributed by atoms with Crippen molar-refractivity contribution < 1.29 is 43.5 Å². The summed E-state index contributed by atoms with van der Waals surface area (Å²) in [7, 11) is 3.07. The molecule has 294 valence electrons. The van der Waals surface area contributed by atoms with Gasteiger partial charge in [0.25, 0.3) is 0 Å². The van der Waals surface area contributed by atoms with Crippen molar-refractivity contribution in [3.05, 3.63) is 77.7 Å². The van der Waals surface area contributed by atoms with E-state index in [1.165, 1.54) is 7.11 Å². The van der Waals surface area contributed by atoms with Crippen LogP contribution in [-0.2, 0) is 25.7 Å². The van der Waals surface area contributed by atoms with Crippen molar-refractivity contribution in [1.29, 1.82) is 0 Å². The smallest absolute Gasteiger partial charge is 0.409 e. The summed E-state index contributed by atoms with van der Waals surface area (Å²) in [6, 6.07) is 11.1. The minimum atomic E-state index is -1.35. The molecule has 1 unspecified atom stereocenters. The van der Waals surface area contributed by atoms with E-state index in [1.807, 2.05) is 37.3 Å². The number of allylic oxidation sites excluding steroid dienone is 1. The van der Waals surface area contributed by atoms with Gasteiger partial charge >= 0.3 is 6.09 Å². The molecule has 0 bridgehead atoms. The number of methoxy groups -OCH3 is 1. The Bertz CT molecular complexity index is 1640. The van der Waals surface area contributed by atoms with Gasteiger partial charge < -0.3 is 43.6 Å². The van der Waals surface area contributed by atoms with Crippen molar-refractivity contribution in [2.75, 3.05) is 40.6 Å². The fourth-order valence-electron chi connectivity index (χ4n) is 8.84. The summed E-state index contributed by atoms with van der Waals surface area (Å²) in [6.07, 6.45) is 10.8. The molecule has 2 aliphatic carbocycles. The van der Waals surface area contributed by atoms with E-state index in [0.717, 1.165) is 67.5 Å². The zero-order valence-electron chi connectivity index (χ0n) is 32.0. The molecule has 0 spiro atoms. The largest absolute Gasteiger partial charge is 0.487 e. The number of aryl methyl sites for hydroxylation is 1. The monoisotopic (exact) mass is 747 g/mol. The van der Waals surface area contributed by atoms with Gasteiger partial charge in [-0.05, 0) is 93.2 Å². The summed E-state index contributed by atoms with van der Waals surface area (Å²) in [5, 5.41) is 24.5. The standard InChI is InChI=1S/C42H57N3O9/c1-5-22-52-42-37(45(3)41(48)49-4)26-35(44-54-38-17-8-11-23-50-38)33-24-29(14-6-9-20-46)32(16-7-10-21-47)39(40(33)42)34-25-31(18-19-36(34)53-42)51-27-30-15-12-13-28(2)43-30/h5,12-13,15,18-19,24-25,29,32,37-40,46-47H,1,6-11,14,16-17,20-23,26-27H2,2-4H3/t29-,32+,37-,38?,39+,40+,42+/m0/s1. The second-order valence-electron chi connectivity index (χ2n) is 14.8. The first-order valence-electron chi connectivity index (χ1n) is 19.6. The van der Waals surface area contributed by atoms with Crippen LogP contribution in [0.2, 0.25) is 0 Å². The van der Waals surface area contributed by atoms with Gasteiger partial charge in [-0.2, -0.15) is 0 Å². The van der Waals surface area contributed by atoms with Gasteiger partial charge in [0, 0.05) is 50.3 Å². The second kappa shape index (κ2) is 18.6. The quantitative estimate of drug-likeness (QED) is 0.101. The number of benzene rings is 1. The zero-order valence-corrected chi connectivity index (χ0v) is 32.0. The first-order chi connectivity index (χ1) is 26.3. The highest BCUT2D eigenvalue weighted by Crippen LogP contribution is 2.61. The SMILES string of the molecule is C=CCO[C@@]12Oc3ccc(OCc4cccc(C)n4)cc3[C@H]3[C@H](CCCCO)[C@@H](CCCCO)C=C(C(=NOC4CCCCO4)C[C@@H]1N(C)C(=O)OC)[C@H]32. The molecule has 0 radical (unpaired) electrons. The summed E-state index contributed by atoms with van der Waals surface area (Å²) < 4.78 is 31.6. The van der Waals surface area contributed by atoms with E-state index >= 15 is 0 Å². The number of hydrogen-bond donors (Lipinski definition) is 2. The normalized spacial score (nSPS) is 27.9. The van der Waals surface area contributed by atoms with Crippen LogP contribution >= 0.6 is 0 Å². The minimum Gasteiger partial charge on any atom is -0.487 e. The van der Waals surface area contributed by atoms with E-state index in [9.17, 15) is 15.0 Å². The van der Waals surface area contributed by atoms with Crippen molar-refractivity contribution in [1.82, 2.24) is 9.88 Å². The summed E-state index contributed by atoms with van der Waals surface area (Å²) in [4.78, 5) is 25.7. The molecular formula is C42H57N3O9. The van der Waals surface area contributed by atoms with Crippen LogP contribution < -0.4 is 9.47 Å². The molecule has 12 heteroatoms. The maximum absolute atomic E-state index is 13.4. The number of unbranched alkanes of at least 4 members (excludes halogenated alkanes) is 2. The van der Waals surface area contributed by atoms with Crippen molar-refractivity contribution in [2.45, 2.75) is 102 Å². The lowest BCUT2D eigenvalue weighted by Gasteiger charge is -2.59. The summed E-state index contributed by atoms with van der Waals surface area (Å²) in [5.74, 6) is -0.388. The fraction of sp³-hybridized carbons (Fsp3) is 0.595. The second-order valence-corrected chi connectivity index (χ2v) is 14.8. The van der Waals surface area contributed by atoms with Gasteiger partial charge in [0.15, 0.2) is 0 Å². The number of pyridine rings is 1. The predicted molar refractivity (Wildman–Crippen MR) is 203 cm³/mol. The molecule has 3 heterocycles. The number of rotatable bonds is 17. The Kier molecular flexibility index (Phi) is 13.7. The molecule has 1 saturated heterocycles. The number of aromatic nitrogens is 1. The number of hydrogen-bond acceptors (Lipinski definition) is 11. The topological polar surface area (TPSA) is 141 Å². The van der Waals surface area contributed by atoms with E-state index in [-0.39, 0.29) is 44.0 Å². The predicted octanol–water partition coefficient (Wildman–Crippen LogP) is 6.83. The van der Waals surface area contributed by atoms with Crippen LogP contribution in [0.3, 0.4) is 0 Å². The Morgan fingerprint density at radius 2 is 1.94 bits per heavy atom. The van der Waals surface area contributed by atoms with E-state index in [4.69, 9.17) is 33.7 Å². The van der Waals surface area contributed by atoms with Crippen LogP contribution in [0.15, 0.2) is 65.9 Å². The molecule has 1 saturated carbocycles. The maximum atomic E-state index is 13.4. The molecule has 1 aromatic heterocycles. The van der Waals surface area contributed by atoms with E-state index < -0.39 is 30.1 Å². The number of aliphatic hydroxyl groups excluding tert-OH is 2. The minimum absolute atomic E-state index is 0.0954. The number of carbonyl (C=O) groups is 1. The lowest BCUT2D eigenvalue weighted by molar-refractivity contribution is -0.253. The Morgan fingerprint density at radius 1 is 1.13 bits per heavy atom. The summed E-state index contributed by atoms with van der Waals surface area (Å²) in [6.45, 7) is 7.26. The van der Waals surface area contributed by atoms with Gasteiger partial charge in [-0.3, -0.25) is 4.98 Å². The molecule has 2 aromatic rings. The first kappa shape index (κ1) is 39.7. The molecule has 2 aliphatic heterocycles. The number of ether oxygens (including phenoxy) is 5. The fourth-order valence-corrected chi connectivity index (χ4v) is 8.84. The van der Waals surface area contributed by atoms with Gasteiger partial charge in [-0.15, -0.1) is 6.58 Å². The molecule has 1 aromatic carbocycles. The van der Waals surface area contributed by atoms with E-state index in [1.54, 1.807) is 18.0 Å². The van der Waals surface area contributed by atoms with Crippen molar-refractivity contribution in [2.24, 2.45) is 22.9 Å². The van der Waals surface area contributed by atoms with Crippen molar-refractivity contribution in [3.8, 4) is 11.5 Å². The molecule has 7 atom stereocenters. The van der Waals surface area contributed by atoms with Gasteiger partial charge in [0.2, 0.25) is 12.1 Å². The van der Waals surface area contributed by atoms with Crippen LogP contribution in [0.25, 0.3) is 0 Å². The molecule has 1 amide bonds. The third-order valence-electron chi connectivity index (χ3n) is 11.3. The number of fused-ring (bicyclic) bond motifs is 2. The highest BCUT2D eigenvalue weighted by atomic mass is 16.8. The van der Waals surface area contributed by atoms with E-state index in [0.29, 0.717) is 43.3 Å². The third kappa shape index (κ3) is 8.62. The Labute approximate surface area is 319 Å². The van der Waals surface area contributed by atoms with Gasteiger partial charge in [0.05, 0.1) is 37.6 Å². The Morgan fingerprint density at radius 3 is 2.67 bits per heavy atom. The number of nitrogens with zero attached hydrogens (tertiary/aromatic N) is 3. The number of oxime groups is 1. The maximum Gasteiger partial charge on any atom is 0.409 e. The van der Waals surface area contributed by atoms with Crippen LogP contribution in [0, 0.1) is 24.7 Å². The van der Waals surface area contributed by atoms with E-state index in [2.05, 4.69) is 23.7 Å². The summed E-state index contributed by atoms with van der Waals surface area (Å²) >= 11 is 0. The molecule has 54 heavy (non-hydrogen) atoms. The highest BCUT2D eigenvalue weighted by molar-refractivity contribution is 6.02. The third-order valence-corrected chi connectivity index (χ3v) is 11.3. The molecule has 4 aliphatic rings. The van der Waals surface area contributed by atoms with Gasteiger partial charge in [-0.1, -0.05) is 36.2 Å². The molecule has 6 rings (SSSR count). The molecular weight excluding hydrogens is 690 g/mol. The Balaban J connectivity index is 1.52. The number of amides is 1. The highest BCUT2D eigenvalue weighted by Gasteiger charge is 2.65. The number of aliphatic hydroxyl groups is 2. The lowest BCUT2D eigenvalue weighted by atomic mass is 9.55. The molecule has 2 fully saturated rings. The number of likely N-dealkylation sites (N-methyl/N-ethyl adjacent to an activating group) is 1. The van der Waals surface area contributed by atoms with Crippen LogP contribution in [-0.4, -0.2) is 90.6 Å². The van der Waals surface area contributed by atoms with Crippen LogP contribution in [0.5, 0.6) is 11.5 Å². The average molecular weight is 748 g/mol. The lowest BCUT2D eigenvalue weighted by Crippen LogP contribution is -2.69. The summed E-state index contributed by atoms with van der Waals surface area (Å²) in [5.41, 5.74) is 4.41. The first-order valence-corrected chi connectivity index (χ1v) is 19.6. The molecule has 12 nitrogen and oxygen atoms in total. The van der Waals surface area contributed by atoms with Crippen LogP contribution in [0.4, 0.5) is 4.79 Å². The Hall–Kier alpha value is -3.97. The van der Waals surface area contributed by atoms with Crippen molar-refractivity contribution >= 4 is 11.8 Å². The van der Waals surface area contributed by atoms with Crippen LogP contribution in [0.1, 0.15) is 87.1 Å². The van der Waals surface area contributed by atoms with Gasteiger partial charge in [0.1, 0.15) is 24.1 Å². The number of carbonyl (C=O) groups excluding carboxylic acids is 1. The molecule has 2 N–H and O–H groups in total. The van der Waals surface area contributed by atoms with Crippen molar-refractivity contribution in [3.63, 3.8) is 0 Å². The zero-order chi connectivity index (χ0) is 38.1.